The van der Waals surface area contributed by atoms with Crippen molar-refractivity contribution in [1.29, 1.82) is 0 Å². The topological polar surface area (TPSA) is 37.4 Å². The number of hydrogen-bond acceptors (Lipinski definition) is 2. The van der Waals surface area contributed by atoms with Gasteiger partial charge in [0.1, 0.15) is 0 Å². The first-order chi connectivity index (χ1) is 5.96. The summed E-state index contributed by atoms with van der Waals surface area (Å²) >= 11 is 0. The lowest BCUT2D eigenvalue weighted by Crippen LogP contribution is -2.46. The Morgan fingerprint density at radius 2 is 1.69 bits per heavy atom. The van der Waals surface area contributed by atoms with Crippen molar-refractivity contribution >= 4 is 11.8 Å². The van der Waals surface area contributed by atoms with Crippen molar-refractivity contribution in [3.05, 3.63) is 0 Å². The maximum Gasteiger partial charge on any atom is 0.229 e. The van der Waals surface area contributed by atoms with Crippen LogP contribution in [0.2, 0.25) is 0 Å². The Hall–Kier alpha value is -0.860. The molecule has 1 heterocycles. The Labute approximate surface area is 79.1 Å². The van der Waals surface area contributed by atoms with Gasteiger partial charge in [-0.15, -0.1) is 0 Å². The molecule has 1 saturated heterocycles. The molecule has 1 rings (SSSR count). The summed E-state index contributed by atoms with van der Waals surface area (Å²) in [5.74, 6) is -0.0220. The third-order valence-corrected chi connectivity index (χ3v) is 2.31. The van der Waals surface area contributed by atoms with Crippen molar-refractivity contribution in [2.75, 3.05) is 6.54 Å². The molecule has 1 aliphatic rings. The molecule has 0 saturated carbocycles. The van der Waals surface area contributed by atoms with E-state index in [4.69, 9.17) is 0 Å². The molecular formula is C10H17NO2. The maximum atomic E-state index is 11.5. The number of piperidine rings is 1. The predicted octanol–water partition coefficient (Wildman–Crippen LogP) is 1.57. The van der Waals surface area contributed by atoms with E-state index >= 15 is 0 Å². The highest BCUT2D eigenvalue weighted by molar-refractivity contribution is 5.98. The van der Waals surface area contributed by atoms with Crippen LogP contribution in [-0.4, -0.2) is 23.3 Å². The Morgan fingerprint density at radius 1 is 1.23 bits per heavy atom. The van der Waals surface area contributed by atoms with Crippen LogP contribution in [0.5, 0.6) is 0 Å². The number of carbonyl (C=O) groups excluding carboxylic acids is 2. The highest BCUT2D eigenvalue weighted by Gasteiger charge is 2.36. The minimum absolute atomic E-state index is 0.0110. The van der Waals surface area contributed by atoms with Gasteiger partial charge in [-0.25, -0.2) is 0 Å². The molecular weight excluding hydrogens is 166 g/mol. The van der Waals surface area contributed by atoms with Gasteiger partial charge in [0, 0.05) is 19.4 Å². The van der Waals surface area contributed by atoms with Crippen LogP contribution in [0.3, 0.4) is 0 Å². The molecule has 0 aromatic carbocycles. The van der Waals surface area contributed by atoms with Crippen molar-refractivity contribution in [3.63, 3.8) is 0 Å². The van der Waals surface area contributed by atoms with Gasteiger partial charge in [0.25, 0.3) is 0 Å². The number of imide groups is 1. The first-order valence-corrected chi connectivity index (χ1v) is 4.79. The van der Waals surface area contributed by atoms with Crippen LogP contribution in [0.1, 0.15) is 40.0 Å². The second-order valence-electron chi connectivity index (χ2n) is 4.46. The van der Waals surface area contributed by atoms with Gasteiger partial charge in [-0.1, -0.05) is 20.8 Å². The maximum absolute atomic E-state index is 11.5. The minimum Gasteiger partial charge on any atom is -0.283 e. The second kappa shape index (κ2) is 3.48. The summed E-state index contributed by atoms with van der Waals surface area (Å²) in [4.78, 5) is 24.4. The molecule has 0 aromatic rings. The molecule has 2 amide bonds. The summed E-state index contributed by atoms with van der Waals surface area (Å²) in [6.45, 7) is 6.48. The van der Waals surface area contributed by atoms with E-state index in [2.05, 4.69) is 0 Å². The molecule has 0 aliphatic carbocycles. The normalized spacial score (nSPS) is 22.2. The monoisotopic (exact) mass is 183 g/mol. The Bertz CT molecular complexity index is 213. The quantitative estimate of drug-likeness (QED) is 0.609. The number of hydrogen-bond donors (Lipinski definition) is 0. The molecule has 0 radical (unpaired) electrons. The number of likely N-dealkylation sites (tertiary alicyclic amines) is 1. The van der Waals surface area contributed by atoms with E-state index < -0.39 is 0 Å². The molecule has 3 heteroatoms. The van der Waals surface area contributed by atoms with Crippen LogP contribution in [0.25, 0.3) is 0 Å². The van der Waals surface area contributed by atoms with Crippen molar-refractivity contribution in [1.82, 2.24) is 4.90 Å². The molecule has 0 aromatic heterocycles. The summed E-state index contributed by atoms with van der Waals surface area (Å²) in [5.41, 5.74) is -0.140. The summed E-state index contributed by atoms with van der Waals surface area (Å²) in [6, 6.07) is 0. The average molecular weight is 183 g/mol. The summed E-state index contributed by atoms with van der Waals surface area (Å²) in [5, 5.41) is 0. The molecule has 74 valence electrons. The van der Waals surface area contributed by atoms with Crippen molar-refractivity contribution < 1.29 is 9.59 Å². The highest BCUT2D eigenvalue weighted by atomic mass is 16.2. The van der Waals surface area contributed by atoms with Gasteiger partial charge in [0.2, 0.25) is 11.8 Å². The van der Waals surface area contributed by atoms with E-state index in [1.165, 1.54) is 4.90 Å². The SMILES string of the molecule is CCCN1C(=O)CC(C)(C)CC1=O. The minimum atomic E-state index is -0.140. The zero-order valence-electron chi connectivity index (χ0n) is 8.59. The number of rotatable bonds is 2. The molecule has 1 fully saturated rings. The average Bonchev–Trinajstić information content (AvgIpc) is 1.94. The van der Waals surface area contributed by atoms with Gasteiger partial charge in [-0.3, -0.25) is 14.5 Å². The molecule has 0 atom stereocenters. The lowest BCUT2D eigenvalue weighted by molar-refractivity contribution is -0.152. The van der Waals surface area contributed by atoms with Gasteiger partial charge >= 0.3 is 0 Å². The molecule has 0 N–H and O–H groups in total. The third kappa shape index (κ3) is 2.29. The van der Waals surface area contributed by atoms with E-state index in [0.29, 0.717) is 19.4 Å². The fourth-order valence-corrected chi connectivity index (χ4v) is 1.68. The first-order valence-electron chi connectivity index (χ1n) is 4.79. The van der Waals surface area contributed by atoms with Crippen molar-refractivity contribution in [3.8, 4) is 0 Å². The van der Waals surface area contributed by atoms with Crippen molar-refractivity contribution in [2.24, 2.45) is 5.41 Å². The smallest absolute Gasteiger partial charge is 0.229 e. The number of amides is 2. The largest absolute Gasteiger partial charge is 0.283 e. The van der Waals surface area contributed by atoms with E-state index in [0.717, 1.165) is 6.42 Å². The Balaban J connectivity index is 2.71. The van der Waals surface area contributed by atoms with Crippen LogP contribution >= 0.6 is 0 Å². The predicted molar refractivity (Wildman–Crippen MR) is 50.0 cm³/mol. The van der Waals surface area contributed by atoms with Crippen molar-refractivity contribution in [2.45, 2.75) is 40.0 Å². The number of carbonyl (C=O) groups is 2. The summed E-state index contributed by atoms with van der Waals surface area (Å²) in [6.07, 6.45) is 1.84. The van der Waals surface area contributed by atoms with Crippen LogP contribution in [0.15, 0.2) is 0 Å². The van der Waals surface area contributed by atoms with Gasteiger partial charge in [0.15, 0.2) is 0 Å². The van der Waals surface area contributed by atoms with Gasteiger partial charge in [0.05, 0.1) is 0 Å². The van der Waals surface area contributed by atoms with Crippen LogP contribution in [0, 0.1) is 5.41 Å². The first kappa shape index (κ1) is 10.2. The van der Waals surface area contributed by atoms with E-state index in [9.17, 15) is 9.59 Å². The van der Waals surface area contributed by atoms with E-state index in [-0.39, 0.29) is 17.2 Å². The Kier molecular flexibility index (Phi) is 2.74. The molecule has 0 spiro atoms. The fourth-order valence-electron chi connectivity index (χ4n) is 1.68. The third-order valence-electron chi connectivity index (χ3n) is 2.31. The summed E-state index contributed by atoms with van der Waals surface area (Å²) < 4.78 is 0. The van der Waals surface area contributed by atoms with Gasteiger partial charge < -0.3 is 0 Å². The van der Waals surface area contributed by atoms with Crippen LogP contribution < -0.4 is 0 Å². The fraction of sp³-hybridized carbons (Fsp3) is 0.800. The number of nitrogens with zero attached hydrogens (tertiary/aromatic N) is 1. The molecule has 3 nitrogen and oxygen atoms in total. The molecule has 1 aliphatic heterocycles. The highest BCUT2D eigenvalue weighted by Crippen LogP contribution is 2.31. The van der Waals surface area contributed by atoms with Crippen LogP contribution in [0.4, 0.5) is 0 Å². The molecule has 0 unspecified atom stereocenters. The Morgan fingerprint density at radius 3 is 2.08 bits per heavy atom. The lowest BCUT2D eigenvalue weighted by atomic mass is 9.82. The van der Waals surface area contributed by atoms with Gasteiger partial charge in [-0.2, -0.15) is 0 Å². The lowest BCUT2D eigenvalue weighted by Gasteiger charge is -2.34. The standard InChI is InChI=1S/C10H17NO2/c1-4-5-11-8(12)6-10(2,3)7-9(11)13/h4-7H2,1-3H3. The zero-order valence-corrected chi connectivity index (χ0v) is 8.59. The molecule has 0 bridgehead atoms. The van der Waals surface area contributed by atoms with Crippen LogP contribution in [-0.2, 0) is 9.59 Å². The van der Waals surface area contributed by atoms with E-state index in [1.807, 2.05) is 20.8 Å². The molecule has 13 heavy (non-hydrogen) atoms. The second-order valence-corrected chi connectivity index (χ2v) is 4.46. The van der Waals surface area contributed by atoms with Gasteiger partial charge in [-0.05, 0) is 11.8 Å². The zero-order chi connectivity index (χ0) is 10.1. The summed E-state index contributed by atoms with van der Waals surface area (Å²) in [7, 11) is 0. The van der Waals surface area contributed by atoms with E-state index in [1.54, 1.807) is 0 Å².